The zero-order valence-corrected chi connectivity index (χ0v) is 31.6. The Morgan fingerprint density at radius 1 is 0.545 bits per heavy atom. The van der Waals surface area contributed by atoms with Gasteiger partial charge in [0.25, 0.3) is 0 Å². The van der Waals surface area contributed by atoms with Crippen LogP contribution >= 0.6 is 0 Å². The Bertz CT molecular complexity index is 562. The van der Waals surface area contributed by atoms with Crippen LogP contribution in [0.4, 0.5) is 0 Å². The first-order valence-electron chi connectivity index (χ1n) is 15.2. The molecule has 2 aliphatic rings. The van der Waals surface area contributed by atoms with E-state index in [1.807, 2.05) is 6.92 Å². The van der Waals surface area contributed by atoms with E-state index in [4.69, 9.17) is 19.8 Å². The van der Waals surface area contributed by atoms with Crippen LogP contribution in [0.15, 0.2) is 0 Å². The van der Waals surface area contributed by atoms with Crippen LogP contribution in [0.1, 0.15) is 53.4 Å². The third-order valence-corrected chi connectivity index (χ3v) is 6.91. The summed E-state index contributed by atoms with van der Waals surface area (Å²) in [6, 6.07) is 0. The molecular formula is C30H63Mn2N6O6. The number of carbonyl (C=O) groups excluding carboxylic acids is 3. The Morgan fingerprint density at radius 2 is 0.727 bits per heavy atom. The molecule has 2 heterocycles. The smallest absolute Gasteiger partial charge is 0.550 e. The first-order chi connectivity index (χ1) is 19.5. The van der Waals surface area contributed by atoms with Crippen molar-refractivity contribution >= 4 is 17.9 Å². The molecule has 0 bridgehead atoms. The van der Waals surface area contributed by atoms with Gasteiger partial charge in [-0.15, -0.1) is 0 Å². The first-order valence-corrected chi connectivity index (χ1v) is 15.2. The number of nitrogens with zero attached hydrogens (tertiary/aromatic N) is 6. The van der Waals surface area contributed by atoms with E-state index in [2.05, 4.69) is 78.6 Å². The molecule has 0 aromatic carbocycles. The van der Waals surface area contributed by atoms with Gasteiger partial charge in [-0.1, -0.05) is 26.7 Å². The van der Waals surface area contributed by atoms with Gasteiger partial charge in [0.05, 0.1) is 0 Å². The largest absolute Gasteiger partial charge is 3.00 e. The van der Waals surface area contributed by atoms with Crippen molar-refractivity contribution in [1.82, 2.24) is 29.4 Å². The fourth-order valence-electron chi connectivity index (χ4n) is 3.66. The van der Waals surface area contributed by atoms with Crippen molar-refractivity contribution in [3.8, 4) is 0 Å². The Morgan fingerprint density at radius 3 is 0.841 bits per heavy atom. The zero-order valence-electron chi connectivity index (χ0n) is 29.3. The Labute approximate surface area is 290 Å². The summed E-state index contributed by atoms with van der Waals surface area (Å²) in [6.07, 6.45) is 3.52. The van der Waals surface area contributed by atoms with Crippen molar-refractivity contribution in [3.63, 3.8) is 0 Å². The van der Waals surface area contributed by atoms with E-state index in [0.29, 0.717) is 6.42 Å². The molecule has 44 heavy (non-hydrogen) atoms. The van der Waals surface area contributed by atoms with Crippen molar-refractivity contribution in [1.29, 1.82) is 0 Å². The number of aliphatic carboxylic acids is 3. The second-order valence-electron chi connectivity index (χ2n) is 11.4. The van der Waals surface area contributed by atoms with Gasteiger partial charge in [0.1, 0.15) is 0 Å². The molecule has 1 unspecified atom stereocenters. The number of carboxylic acid groups (broad SMARTS) is 3. The van der Waals surface area contributed by atoms with Crippen LogP contribution in [0.5, 0.6) is 0 Å². The van der Waals surface area contributed by atoms with Crippen LogP contribution in [0.3, 0.4) is 0 Å². The molecule has 12 nitrogen and oxygen atoms in total. The molecule has 0 saturated carbocycles. The van der Waals surface area contributed by atoms with E-state index in [1.54, 1.807) is 0 Å². The van der Waals surface area contributed by atoms with Crippen LogP contribution in [-0.2, 0) is 48.5 Å². The van der Waals surface area contributed by atoms with Gasteiger partial charge < -0.3 is 59.1 Å². The standard InChI is InChI=1S/2C9H21N3.C8H16O2.2C2H4O2.2Mn/c2*1-10-4-6-11(2)8-9-12(3)7-5-10;1-3-5-6-7(4-2)8(9)10;2*1-2(3)4;;/h2*4-9H2,1-3H3;7H,3-6H2,1-2H3,(H,9,10);2*1H3,(H,3,4);;/q;;;;;;+3/p-3. The van der Waals surface area contributed by atoms with Crippen LogP contribution in [-0.4, -0.2) is 168 Å². The third-order valence-electron chi connectivity index (χ3n) is 6.91. The average Bonchev–Trinajstić information content (AvgIpc) is 3.01. The molecule has 2 fully saturated rings. The average molecular weight is 714 g/mol. The third kappa shape index (κ3) is 43.3. The second-order valence-corrected chi connectivity index (χ2v) is 11.4. The minimum Gasteiger partial charge on any atom is -0.550 e. The van der Waals surface area contributed by atoms with Crippen molar-refractivity contribution in [3.05, 3.63) is 0 Å². The molecule has 0 aromatic rings. The van der Waals surface area contributed by atoms with Gasteiger partial charge in [0.2, 0.25) is 0 Å². The van der Waals surface area contributed by atoms with Gasteiger partial charge in [-0.25, -0.2) is 0 Å². The van der Waals surface area contributed by atoms with Crippen molar-refractivity contribution < 1.29 is 63.8 Å². The molecule has 2 rings (SSSR count). The Hall–Kier alpha value is -0.791. The minimum atomic E-state index is -1.08. The quantitative estimate of drug-likeness (QED) is 0.293. The first kappa shape index (κ1) is 52.7. The molecule has 0 aliphatic carbocycles. The molecule has 2 saturated heterocycles. The molecule has 0 N–H and O–H groups in total. The van der Waals surface area contributed by atoms with Crippen molar-refractivity contribution in [2.75, 3.05) is 121 Å². The van der Waals surface area contributed by atoms with E-state index in [9.17, 15) is 9.90 Å². The van der Waals surface area contributed by atoms with Crippen LogP contribution in [0, 0.1) is 5.92 Å². The zero-order chi connectivity index (χ0) is 33.1. The summed E-state index contributed by atoms with van der Waals surface area (Å²) < 4.78 is 0. The number of rotatable bonds is 5. The van der Waals surface area contributed by atoms with E-state index in [0.717, 1.165) is 33.1 Å². The van der Waals surface area contributed by atoms with Gasteiger partial charge in [-0.3, -0.25) is 0 Å². The molecule has 2 aliphatic heterocycles. The summed E-state index contributed by atoms with van der Waals surface area (Å²) in [7, 11) is 13.2. The number of likely N-dealkylation sites (N-methyl/N-ethyl adjacent to an activating group) is 6. The molecule has 263 valence electrons. The summed E-state index contributed by atoms with van der Waals surface area (Å²) in [5, 5.41) is 28.1. The van der Waals surface area contributed by atoms with Gasteiger partial charge >= 0.3 is 17.1 Å². The SMILES string of the molecule is CC(=O)[O-].CC(=O)[O-].CCCCC(CC)C(=O)[O-].CN1CCN(C)CCN(C)CC1.CN1CCN(C)CCN(C)CC1.[Mn+3].[Mn]. The molecule has 14 heteroatoms. The Balaban J connectivity index is -0.000000151. The number of carboxylic acids is 3. The molecule has 0 spiro atoms. The minimum absolute atomic E-state index is 0. The maximum absolute atomic E-state index is 10.3. The van der Waals surface area contributed by atoms with Crippen molar-refractivity contribution in [2.45, 2.75) is 53.4 Å². The number of carbonyl (C=O) groups is 3. The van der Waals surface area contributed by atoms with E-state index < -0.39 is 17.9 Å². The van der Waals surface area contributed by atoms with Crippen LogP contribution in [0.2, 0.25) is 0 Å². The van der Waals surface area contributed by atoms with Gasteiger partial charge in [-0.05, 0) is 74.9 Å². The summed E-state index contributed by atoms with van der Waals surface area (Å²) in [5.74, 6) is -3.28. The normalized spacial score (nSPS) is 18.4. The molecular weight excluding hydrogens is 650 g/mol. The topological polar surface area (TPSA) is 140 Å². The van der Waals surface area contributed by atoms with E-state index >= 15 is 0 Å². The summed E-state index contributed by atoms with van der Waals surface area (Å²) >= 11 is 0. The summed E-state index contributed by atoms with van der Waals surface area (Å²) in [6.45, 7) is 20.3. The van der Waals surface area contributed by atoms with Crippen molar-refractivity contribution in [2.24, 2.45) is 5.92 Å². The maximum atomic E-state index is 10.3. The molecule has 0 aromatic heterocycles. The predicted octanol–water partition coefficient (Wildman–Crippen LogP) is -1.95. The fraction of sp³-hybridized carbons (Fsp3) is 0.900. The molecule has 0 amide bonds. The molecule has 1 radical (unpaired) electrons. The van der Waals surface area contributed by atoms with Gasteiger partial charge in [-0.2, -0.15) is 0 Å². The molecule has 1 atom stereocenters. The predicted molar refractivity (Wildman–Crippen MR) is 165 cm³/mol. The fourth-order valence-corrected chi connectivity index (χ4v) is 3.66. The van der Waals surface area contributed by atoms with Crippen LogP contribution < -0.4 is 15.3 Å². The summed E-state index contributed by atoms with van der Waals surface area (Å²) in [5.41, 5.74) is 0. The second kappa shape index (κ2) is 35.1. The Kier molecular flexibility index (Phi) is 42.0. The number of hydrogen-bond donors (Lipinski definition) is 0. The van der Waals surface area contributed by atoms with Gasteiger partial charge in [0.15, 0.2) is 0 Å². The summed E-state index contributed by atoms with van der Waals surface area (Å²) in [4.78, 5) is 42.5. The van der Waals surface area contributed by atoms with Gasteiger partial charge in [0, 0.05) is 114 Å². The van der Waals surface area contributed by atoms with E-state index in [1.165, 1.54) is 78.5 Å². The monoisotopic (exact) mass is 713 g/mol. The maximum Gasteiger partial charge on any atom is 3.00 e. The van der Waals surface area contributed by atoms with Crippen LogP contribution in [0.25, 0.3) is 0 Å². The number of hydrogen-bond acceptors (Lipinski definition) is 12. The van der Waals surface area contributed by atoms with E-state index in [-0.39, 0.29) is 40.1 Å². The number of unbranched alkanes of at least 4 members (excludes halogenated alkanes) is 1.